The number of hydrogen-bond donors (Lipinski definition) is 2. The SMILES string of the molecule is CN(C)C(=O)c1nn(-c2ccnc(N)n2)c2cc(C#CC(C)(O)c3cc(COC4CCCCO4)on3)ccc12. The van der Waals surface area contributed by atoms with Gasteiger partial charge < -0.3 is 29.7 Å². The molecule has 2 atom stereocenters. The molecule has 4 heterocycles. The van der Waals surface area contributed by atoms with Crippen LogP contribution in [-0.4, -0.2) is 67.8 Å². The van der Waals surface area contributed by atoms with Gasteiger partial charge in [-0.15, -0.1) is 0 Å². The van der Waals surface area contributed by atoms with Gasteiger partial charge in [-0.05, 0) is 44.4 Å². The molecule has 39 heavy (non-hydrogen) atoms. The number of nitrogens with zero attached hydrogens (tertiary/aromatic N) is 6. The third-order valence-electron chi connectivity index (χ3n) is 6.22. The number of carbonyl (C=O) groups is 1. The minimum atomic E-state index is -1.59. The molecule has 0 bridgehead atoms. The molecular weight excluding hydrogens is 502 g/mol. The minimum absolute atomic E-state index is 0.0762. The molecule has 1 amide bonds. The van der Waals surface area contributed by atoms with Gasteiger partial charge in [0.25, 0.3) is 5.91 Å². The summed E-state index contributed by atoms with van der Waals surface area (Å²) in [6.45, 7) is 2.40. The van der Waals surface area contributed by atoms with Crippen LogP contribution in [0.5, 0.6) is 0 Å². The first-order valence-electron chi connectivity index (χ1n) is 12.5. The highest BCUT2D eigenvalue weighted by atomic mass is 16.7. The van der Waals surface area contributed by atoms with E-state index in [9.17, 15) is 9.90 Å². The second kappa shape index (κ2) is 10.8. The Kier molecular flexibility index (Phi) is 7.30. The topological polar surface area (TPSA) is 155 Å². The van der Waals surface area contributed by atoms with Gasteiger partial charge in [-0.3, -0.25) is 4.79 Å². The van der Waals surface area contributed by atoms with Crippen LogP contribution in [0.3, 0.4) is 0 Å². The Morgan fingerprint density at radius 2 is 2.15 bits per heavy atom. The molecule has 2 unspecified atom stereocenters. The van der Waals surface area contributed by atoms with Crippen LogP contribution in [0.15, 0.2) is 41.1 Å². The van der Waals surface area contributed by atoms with Crippen molar-refractivity contribution in [2.75, 3.05) is 26.4 Å². The maximum Gasteiger partial charge on any atom is 0.274 e. The van der Waals surface area contributed by atoms with Crippen molar-refractivity contribution in [2.45, 2.75) is 44.7 Å². The summed E-state index contributed by atoms with van der Waals surface area (Å²) in [6.07, 6.45) is 4.18. The Morgan fingerprint density at radius 3 is 2.90 bits per heavy atom. The average molecular weight is 532 g/mol. The largest absolute Gasteiger partial charge is 0.372 e. The van der Waals surface area contributed by atoms with Gasteiger partial charge in [0.1, 0.15) is 12.3 Å². The maximum absolute atomic E-state index is 12.8. The van der Waals surface area contributed by atoms with Crippen LogP contribution < -0.4 is 5.73 Å². The van der Waals surface area contributed by atoms with Gasteiger partial charge in [-0.25, -0.2) is 9.67 Å². The molecule has 1 saturated heterocycles. The van der Waals surface area contributed by atoms with E-state index in [-0.39, 0.29) is 36.1 Å². The zero-order valence-corrected chi connectivity index (χ0v) is 21.9. The van der Waals surface area contributed by atoms with Crippen molar-refractivity contribution in [1.82, 2.24) is 29.8 Å². The summed E-state index contributed by atoms with van der Waals surface area (Å²) in [7, 11) is 3.31. The van der Waals surface area contributed by atoms with E-state index in [1.807, 2.05) is 0 Å². The van der Waals surface area contributed by atoms with E-state index in [1.54, 1.807) is 44.4 Å². The first-order chi connectivity index (χ1) is 18.7. The molecule has 0 radical (unpaired) electrons. The summed E-state index contributed by atoms with van der Waals surface area (Å²) in [5.41, 5.74) is 5.88. The van der Waals surface area contributed by atoms with E-state index in [4.69, 9.17) is 19.7 Å². The lowest BCUT2D eigenvalue weighted by atomic mass is 10.0. The number of ether oxygens (including phenoxy) is 2. The lowest BCUT2D eigenvalue weighted by molar-refractivity contribution is -0.171. The maximum atomic E-state index is 12.8. The highest BCUT2D eigenvalue weighted by molar-refractivity contribution is 6.05. The molecular formula is C27H29N7O5. The fraction of sp³-hybridized carbons (Fsp3) is 0.370. The van der Waals surface area contributed by atoms with Crippen LogP contribution in [-0.2, 0) is 21.7 Å². The molecule has 0 spiro atoms. The summed E-state index contributed by atoms with van der Waals surface area (Å²) in [4.78, 5) is 22.4. The van der Waals surface area contributed by atoms with E-state index in [0.717, 1.165) is 19.3 Å². The highest BCUT2D eigenvalue weighted by Crippen LogP contribution is 2.25. The first kappa shape index (κ1) is 26.3. The van der Waals surface area contributed by atoms with Gasteiger partial charge in [0.15, 0.2) is 29.2 Å². The van der Waals surface area contributed by atoms with Crippen LogP contribution in [0.1, 0.15) is 53.7 Å². The van der Waals surface area contributed by atoms with E-state index < -0.39 is 5.60 Å². The zero-order chi connectivity index (χ0) is 27.6. The predicted molar refractivity (Wildman–Crippen MR) is 140 cm³/mol. The lowest BCUT2D eigenvalue weighted by Gasteiger charge is -2.21. The Morgan fingerprint density at radius 1 is 1.31 bits per heavy atom. The molecule has 1 aliphatic heterocycles. The number of anilines is 1. The number of nitrogens with two attached hydrogens (primary N) is 1. The van der Waals surface area contributed by atoms with Crippen LogP contribution in [0, 0.1) is 11.8 Å². The van der Waals surface area contributed by atoms with Gasteiger partial charge in [-0.1, -0.05) is 17.0 Å². The minimum Gasteiger partial charge on any atom is -0.372 e. The Balaban J connectivity index is 1.42. The van der Waals surface area contributed by atoms with E-state index in [1.165, 1.54) is 22.7 Å². The Hall–Kier alpha value is -4.31. The molecule has 1 aromatic carbocycles. The van der Waals surface area contributed by atoms with Crippen LogP contribution >= 0.6 is 0 Å². The number of amides is 1. The summed E-state index contributed by atoms with van der Waals surface area (Å²) in [5, 5.41) is 20.1. The smallest absolute Gasteiger partial charge is 0.274 e. The Bertz CT molecular complexity index is 1560. The predicted octanol–water partition coefficient (Wildman–Crippen LogP) is 2.39. The number of fused-ring (bicyclic) bond motifs is 1. The van der Waals surface area contributed by atoms with Gasteiger partial charge in [0.2, 0.25) is 5.95 Å². The molecule has 1 aliphatic rings. The molecule has 3 N–H and O–H groups in total. The Labute approximate surface area is 224 Å². The van der Waals surface area contributed by atoms with Gasteiger partial charge in [0, 0.05) is 50.0 Å². The first-order valence-corrected chi connectivity index (χ1v) is 12.5. The van der Waals surface area contributed by atoms with Crippen molar-refractivity contribution in [3.63, 3.8) is 0 Å². The normalized spacial score (nSPS) is 16.9. The number of benzene rings is 1. The van der Waals surface area contributed by atoms with Crippen molar-refractivity contribution < 1.29 is 23.9 Å². The number of aliphatic hydroxyl groups is 1. The molecule has 3 aromatic heterocycles. The van der Waals surface area contributed by atoms with Gasteiger partial charge in [-0.2, -0.15) is 10.1 Å². The molecule has 0 saturated carbocycles. The quantitative estimate of drug-likeness (QED) is 0.354. The van der Waals surface area contributed by atoms with E-state index >= 15 is 0 Å². The monoisotopic (exact) mass is 531 g/mol. The molecule has 5 rings (SSSR count). The average Bonchev–Trinajstić information content (AvgIpc) is 3.56. The van der Waals surface area contributed by atoms with Crippen LogP contribution in [0.4, 0.5) is 5.95 Å². The molecule has 4 aromatic rings. The van der Waals surface area contributed by atoms with Crippen molar-refractivity contribution in [3.05, 3.63) is 59.2 Å². The summed E-state index contributed by atoms with van der Waals surface area (Å²) < 4.78 is 18.2. The van der Waals surface area contributed by atoms with Gasteiger partial charge >= 0.3 is 0 Å². The van der Waals surface area contributed by atoms with Crippen LogP contribution in [0.25, 0.3) is 16.7 Å². The van der Waals surface area contributed by atoms with E-state index in [0.29, 0.717) is 34.7 Å². The highest BCUT2D eigenvalue weighted by Gasteiger charge is 2.26. The third kappa shape index (κ3) is 5.75. The summed E-state index contributed by atoms with van der Waals surface area (Å²) in [5.74, 6) is 6.53. The molecule has 202 valence electrons. The standard InChI is InChI=1S/C27H29N7O5/c1-27(36,21-15-18(39-32-21)16-38-23-6-4-5-13-37-23)11-9-17-7-8-19-20(14-17)34(22-10-12-29-26(28)30-22)31-24(19)25(35)33(2)3/h7-8,10,12,14-15,23,36H,4-6,13,16H2,1-3H3,(H2,28,29,30). The van der Waals surface area contributed by atoms with Gasteiger partial charge in [0.05, 0.1) is 5.52 Å². The number of nitrogen functional groups attached to an aromatic ring is 1. The third-order valence-corrected chi connectivity index (χ3v) is 6.22. The zero-order valence-electron chi connectivity index (χ0n) is 21.9. The molecule has 1 fully saturated rings. The van der Waals surface area contributed by atoms with Crippen molar-refractivity contribution in [3.8, 4) is 17.7 Å². The number of hydrogen-bond acceptors (Lipinski definition) is 10. The fourth-order valence-corrected chi connectivity index (χ4v) is 4.10. The van der Waals surface area contributed by atoms with Crippen molar-refractivity contribution in [1.29, 1.82) is 0 Å². The molecule has 12 heteroatoms. The van der Waals surface area contributed by atoms with E-state index in [2.05, 4.69) is 32.1 Å². The molecule has 0 aliphatic carbocycles. The van der Waals surface area contributed by atoms with Crippen LogP contribution in [0.2, 0.25) is 0 Å². The van der Waals surface area contributed by atoms with Crippen molar-refractivity contribution in [2.24, 2.45) is 0 Å². The fourth-order valence-electron chi connectivity index (χ4n) is 4.10. The lowest BCUT2D eigenvalue weighted by Crippen LogP contribution is -2.22. The second-order valence-electron chi connectivity index (χ2n) is 9.57. The van der Waals surface area contributed by atoms with Crippen molar-refractivity contribution >= 4 is 22.8 Å². The molecule has 12 nitrogen and oxygen atoms in total. The number of aromatic nitrogens is 5. The summed E-state index contributed by atoms with van der Waals surface area (Å²) in [6, 6.07) is 8.54. The number of rotatable bonds is 6. The second-order valence-corrected chi connectivity index (χ2v) is 9.57. The summed E-state index contributed by atoms with van der Waals surface area (Å²) >= 11 is 0. The number of carbonyl (C=O) groups excluding carboxylic acids is 1.